The van der Waals surface area contributed by atoms with Crippen molar-refractivity contribution in [3.05, 3.63) is 36.0 Å². The molecule has 2 aromatic rings. The number of morpholine rings is 1. The Morgan fingerprint density at radius 2 is 2.16 bits per heavy atom. The SMILES string of the molecule is C[C@H]1COCCN1C(=O)c1cc2ccccc2n1C. The minimum absolute atomic E-state index is 0.0921. The molecule has 1 saturated heterocycles. The molecule has 19 heavy (non-hydrogen) atoms. The first kappa shape index (κ1) is 12.2. The predicted molar refractivity (Wildman–Crippen MR) is 74.2 cm³/mol. The molecule has 1 atom stereocenters. The fraction of sp³-hybridized carbons (Fsp3) is 0.400. The van der Waals surface area contributed by atoms with E-state index in [2.05, 4.69) is 0 Å². The number of amides is 1. The molecule has 100 valence electrons. The van der Waals surface area contributed by atoms with E-state index in [-0.39, 0.29) is 11.9 Å². The average Bonchev–Trinajstić information content (AvgIpc) is 2.77. The quantitative estimate of drug-likeness (QED) is 0.784. The third-order valence-electron chi connectivity index (χ3n) is 3.80. The molecule has 0 aliphatic carbocycles. The number of ether oxygens (including phenoxy) is 1. The number of hydrogen-bond acceptors (Lipinski definition) is 2. The molecule has 4 nitrogen and oxygen atoms in total. The Morgan fingerprint density at radius 3 is 2.89 bits per heavy atom. The van der Waals surface area contributed by atoms with Crippen molar-refractivity contribution in [1.82, 2.24) is 9.47 Å². The first-order valence-electron chi connectivity index (χ1n) is 6.61. The smallest absolute Gasteiger partial charge is 0.270 e. The molecule has 0 N–H and O–H groups in total. The number of hydrogen-bond donors (Lipinski definition) is 0. The van der Waals surface area contributed by atoms with Crippen LogP contribution in [0.5, 0.6) is 0 Å². The molecule has 0 bridgehead atoms. The van der Waals surface area contributed by atoms with Gasteiger partial charge in [0, 0.05) is 24.5 Å². The summed E-state index contributed by atoms with van der Waals surface area (Å²) in [5.74, 6) is 0.0921. The number of benzene rings is 1. The van der Waals surface area contributed by atoms with Crippen molar-refractivity contribution in [3.63, 3.8) is 0 Å². The van der Waals surface area contributed by atoms with Crippen LogP contribution in [0.2, 0.25) is 0 Å². The Bertz CT molecular complexity index is 618. The summed E-state index contributed by atoms with van der Waals surface area (Å²) >= 11 is 0. The van der Waals surface area contributed by atoms with Gasteiger partial charge in [0.05, 0.1) is 19.3 Å². The molecular formula is C15H18N2O2. The monoisotopic (exact) mass is 258 g/mol. The maximum Gasteiger partial charge on any atom is 0.270 e. The van der Waals surface area contributed by atoms with E-state index in [1.54, 1.807) is 0 Å². The maximum absolute atomic E-state index is 12.7. The standard InChI is InChI=1S/C15H18N2O2/c1-11-10-19-8-7-17(11)15(18)14-9-12-5-3-4-6-13(12)16(14)2/h3-6,9,11H,7-8,10H2,1-2H3/t11-/m0/s1. The Balaban J connectivity index is 1.99. The number of nitrogens with zero attached hydrogens (tertiary/aromatic N) is 2. The minimum Gasteiger partial charge on any atom is -0.377 e. The number of aryl methyl sites for hydroxylation is 1. The van der Waals surface area contributed by atoms with Crippen molar-refractivity contribution in [1.29, 1.82) is 0 Å². The summed E-state index contributed by atoms with van der Waals surface area (Å²) in [5, 5.41) is 1.11. The van der Waals surface area contributed by atoms with Crippen molar-refractivity contribution in [2.45, 2.75) is 13.0 Å². The lowest BCUT2D eigenvalue weighted by Gasteiger charge is -2.33. The molecule has 1 aromatic heterocycles. The first-order chi connectivity index (χ1) is 9.18. The molecule has 4 heteroatoms. The van der Waals surface area contributed by atoms with Crippen LogP contribution >= 0.6 is 0 Å². The van der Waals surface area contributed by atoms with Gasteiger partial charge in [-0.05, 0) is 19.1 Å². The van der Waals surface area contributed by atoms with Gasteiger partial charge in [-0.2, -0.15) is 0 Å². The van der Waals surface area contributed by atoms with Crippen LogP contribution in [-0.4, -0.2) is 41.2 Å². The van der Waals surface area contributed by atoms with Gasteiger partial charge in [-0.3, -0.25) is 4.79 Å². The largest absolute Gasteiger partial charge is 0.377 e. The van der Waals surface area contributed by atoms with Crippen LogP contribution in [-0.2, 0) is 11.8 Å². The molecule has 1 aliphatic rings. The molecule has 1 fully saturated rings. The highest BCUT2D eigenvalue weighted by atomic mass is 16.5. The molecule has 1 amide bonds. The van der Waals surface area contributed by atoms with E-state index >= 15 is 0 Å². The lowest BCUT2D eigenvalue weighted by Crippen LogP contribution is -2.47. The third-order valence-corrected chi connectivity index (χ3v) is 3.80. The van der Waals surface area contributed by atoms with Gasteiger partial charge >= 0.3 is 0 Å². The summed E-state index contributed by atoms with van der Waals surface area (Å²) in [7, 11) is 1.95. The molecule has 2 heterocycles. The van der Waals surface area contributed by atoms with Gasteiger partial charge in [0.1, 0.15) is 5.69 Å². The molecule has 3 rings (SSSR count). The van der Waals surface area contributed by atoms with Gasteiger partial charge in [-0.1, -0.05) is 18.2 Å². The highest BCUT2D eigenvalue weighted by Gasteiger charge is 2.26. The molecule has 0 unspecified atom stereocenters. The predicted octanol–water partition coefficient (Wildman–Crippen LogP) is 2.04. The molecule has 0 saturated carbocycles. The molecule has 1 aliphatic heterocycles. The maximum atomic E-state index is 12.7. The van der Waals surface area contributed by atoms with Crippen LogP contribution in [0.4, 0.5) is 0 Å². The van der Waals surface area contributed by atoms with E-state index in [0.29, 0.717) is 19.8 Å². The second-order valence-electron chi connectivity index (χ2n) is 5.07. The van der Waals surface area contributed by atoms with Crippen LogP contribution in [0.1, 0.15) is 17.4 Å². The van der Waals surface area contributed by atoms with Gasteiger partial charge in [0.15, 0.2) is 0 Å². The number of carbonyl (C=O) groups excluding carboxylic acids is 1. The zero-order chi connectivity index (χ0) is 13.4. The second-order valence-corrected chi connectivity index (χ2v) is 5.07. The number of para-hydroxylation sites is 1. The van der Waals surface area contributed by atoms with E-state index < -0.39 is 0 Å². The van der Waals surface area contributed by atoms with Gasteiger partial charge < -0.3 is 14.2 Å². The van der Waals surface area contributed by atoms with E-state index in [1.807, 2.05) is 53.8 Å². The fourth-order valence-corrected chi connectivity index (χ4v) is 2.67. The van der Waals surface area contributed by atoms with E-state index in [0.717, 1.165) is 16.6 Å². The Morgan fingerprint density at radius 1 is 1.37 bits per heavy atom. The van der Waals surface area contributed by atoms with E-state index in [9.17, 15) is 4.79 Å². The van der Waals surface area contributed by atoms with Gasteiger partial charge in [0.2, 0.25) is 0 Å². The Hall–Kier alpha value is -1.81. The van der Waals surface area contributed by atoms with Crippen molar-refractivity contribution in [2.75, 3.05) is 19.8 Å². The number of carbonyl (C=O) groups is 1. The van der Waals surface area contributed by atoms with Crippen molar-refractivity contribution >= 4 is 16.8 Å². The van der Waals surface area contributed by atoms with Crippen LogP contribution in [0, 0.1) is 0 Å². The summed E-state index contributed by atoms with van der Waals surface area (Å²) in [4.78, 5) is 14.6. The highest BCUT2D eigenvalue weighted by molar-refractivity contribution is 5.98. The number of aromatic nitrogens is 1. The van der Waals surface area contributed by atoms with Crippen molar-refractivity contribution < 1.29 is 9.53 Å². The summed E-state index contributed by atoms with van der Waals surface area (Å²) < 4.78 is 7.36. The minimum atomic E-state index is 0.0921. The number of rotatable bonds is 1. The lowest BCUT2D eigenvalue weighted by molar-refractivity contribution is 0.00310. The number of fused-ring (bicyclic) bond motifs is 1. The summed E-state index contributed by atoms with van der Waals surface area (Å²) in [6, 6.07) is 10.2. The normalized spacial score (nSPS) is 19.9. The Kier molecular flexibility index (Phi) is 3.03. The lowest BCUT2D eigenvalue weighted by atomic mass is 10.2. The van der Waals surface area contributed by atoms with E-state index in [4.69, 9.17) is 4.74 Å². The third kappa shape index (κ3) is 2.02. The molecular weight excluding hydrogens is 240 g/mol. The topological polar surface area (TPSA) is 34.5 Å². The van der Waals surface area contributed by atoms with Crippen LogP contribution < -0.4 is 0 Å². The fourth-order valence-electron chi connectivity index (χ4n) is 2.67. The van der Waals surface area contributed by atoms with Crippen LogP contribution in [0.3, 0.4) is 0 Å². The van der Waals surface area contributed by atoms with Crippen LogP contribution in [0.15, 0.2) is 30.3 Å². The summed E-state index contributed by atoms with van der Waals surface area (Å²) in [6.45, 7) is 3.94. The zero-order valence-electron chi connectivity index (χ0n) is 11.3. The molecule has 0 radical (unpaired) electrons. The second kappa shape index (κ2) is 4.70. The molecule has 0 spiro atoms. The summed E-state index contributed by atoms with van der Waals surface area (Å²) in [5.41, 5.74) is 1.83. The zero-order valence-corrected chi connectivity index (χ0v) is 11.3. The van der Waals surface area contributed by atoms with Gasteiger partial charge in [-0.25, -0.2) is 0 Å². The average molecular weight is 258 g/mol. The van der Waals surface area contributed by atoms with Crippen molar-refractivity contribution in [2.24, 2.45) is 7.05 Å². The molecule has 1 aromatic carbocycles. The van der Waals surface area contributed by atoms with E-state index in [1.165, 1.54) is 0 Å². The summed E-state index contributed by atoms with van der Waals surface area (Å²) in [6.07, 6.45) is 0. The van der Waals surface area contributed by atoms with Gasteiger partial charge in [-0.15, -0.1) is 0 Å². The van der Waals surface area contributed by atoms with Crippen LogP contribution in [0.25, 0.3) is 10.9 Å². The first-order valence-corrected chi connectivity index (χ1v) is 6.61. The van der Waals surface area contributed by atoms with Gasteiger partial charge in [0.25, 0.3) is 5.91 Å². The van der Waals surface area contributed by atoms with Crippen molar-refractivity contribution in [3.8, 4) is 0 Å². The Labute approximate surface area is 112 Å². The highest BCUT2D eigenvalue weighted by Crippen LogP contribution is 2.21.